The zero-order valence-corrected chi connectivity index (χ0v) is 51.9. The molecule has 1 amide bonds. The van der Waals surface area contributed by atoms with Gasteiger partial charge in [-0.3, -0.25) is 4.79 Å². The van der Waals surface area contributed by atoms with Gasteiger partial charge in [0.25, 0.3) is 0 Å². The Hall–Kier alpha value is -2.83. The summed E-state index contributed by atoms with van der Waals surface area (Å²) < 4.78 is 22.8. The molecule has 480 valence electrons. The van der Waals surface area contributed by atoms with E-state index in [2.05, 4.69) is 92.1 Å². The van der Waals surface area contributed by atoms with Crippen molar-refractivity contribution in [2.75, 3.05) is 19.8 Å². The smallest absolute Gasteiger partial charge is 0.220 e. The highest BCUT2D eigenvalue weighted by atomic mass is 16.7. The number of hydrogen-bond donors (Lipinski definition) is 9. The minimum atomic E-state index is -1.80. The average Bonchev–Trinajstić information content (AvgIpc) is 3.64. The van der Waals surface area contributed by atoms with E-state index in [0.717, 1.165) is 83.5 Å². The SMILES string of the molecule is CC/C=C\C/C=C\C/C=C\C/C=C\C/C=C\C/C=C\CCCCCCC(=O)NC(COC1OC(CO)C(OC2OC(CO)C(O)C(O)C2O)C(O)C1O)C(O)/C=C/CCCCCCCCCCCCCCCCCCCCCCCCCC. The average molecular weight is 1170 g/mol. The zero-order valence-electron chi connectivity index (χ0n) is 51.9. The van der Waals surface area contributed by atoms with E-state index in [1.165, 1.54) is 141 Å². The number of carbonyl (C=O) groups is 1. The molecule has 2 saturated heterocycles. The molecule has 14 nitrogen and oxygen atoms in total. The fraction of sp³-hybridized carbons (Fsp3) is 0.783. The zero-order chi connectivity index (χ0) is 60.2. The van der Waals surface area contributed by atoms with Crippen LogP contribution in [0.1, 0.15) is 251 Å². The summed E-state index contributed by atoms with van der Waals surface area (Å²) in [5.74, 6) is -0.264. The van der Waals surface area contributed by atoms with Crippen LogP contribution in [-0.2, 0) is 23.7 Å². The standard InChI is InChI=1S/C69H121NO13/c1-3-5-7-9-11-13-15-17-19-21-23-25-27-28-29-31-32-34-36-38-40-42-44-46-48-50-52-58(73)57(56-80-68-66(79)64(77)67(60(55-72)82-68)83-69-65(78)63(76)62(75)59(54-71)81-69)70-61(74)53-51-49-47-45-43-41-39-37-35-33-30-26-24-22-20-18-16-14-12-10-8-6-4-2/h6,8,12,14,18,20,24,26,33,35,39,41,50,52,57-60,62-69,71-73,75-79H,3-5,7,9-11,13,15-17,19,21-23,25,27-32,34,36-38,40,42-49,51,53-56H2,1-2H3,(H,70,74)/b8-6-,14-12-,20-18-,26-24-,35-33-,41-39-,52-50+. The molecule has 0 saturated carbocycles. The number of nitrogens with one attached hydrogen (secondary N) is 1. The second-order valence-corrected chi connectivity index (χ2v) is 23.2. The Morgan fingerprint density at radius 3 is 1.28 bits per heavy atom. The number of unbranched alkanes of at least 4 members (excludes halogenated alkanes) is 28. The minimum absolute atomic E-state index is 0.247. The number of aliphatic hydroxyl groups excluding tert-OH is 8. The largest absolute Gasteiger partial charge is 0.394 e. The molecule has 0 bridgehead atoms. The predicted molar refractivity (Wildman–Crippen MR) is 336 cm³/mol. The van der Waals surface area contributed by atoms with Crippen LogP contribution >= 0.6 is 0 Å². The third-order valence-electron chi connectivity index (χ3n) is 15.8. The van der Waals surface area contributed by atoms with Gasteiger partial charge in [0.15, 0.2) is 12.6 Å². The van der Waals surface area contributed by atoms with Crippen LogP contribution in [0.4, 0.5) is 0 Å². The highest BCUT2D eigenvalue weighted by molar-refractivity contribution is 5.76. The summed E-state index contributed by atoms with van der Waals surface area (Å²) in [5, 5.41) is 87.3. The third-order valence-corrected chi connectivity index (χ3v) is 15.8. The van der Waals surface area contributed by atoms with Crippen LogP contribution in [0.2, 0.25) is 0 Å². The molecule has 12 atom stereocenters. The summed E-state index contributed by atoms with van der Waals surface area (Å²) in [6.07, 6.45) is 56.2. The Morgan fingerprint density at radius 1 is 0.446 bits per heavy atom. The molecule has 0 aliphatic carbocycles. The van der Waals surface area contributed by atoms with Crippen molar-refractivity contribution in [3.05, 3.63) is 85.1 Å². The van der Waals surface area contributed by atoms with Gasteiger partial charge >= 0.3 is 0 Å². The number of amides is 1. The van der Waals surface area contributed by atoms with Gasteiger partial charge in [0.2, 0.25) is 5.91 Å². The first-order chi connectivity index (χ1) is 40.6. The van der Waals surface area contributed by atoms with Crippen molar-refractivity contribution in [2.45, 2.75) is 325 Å². The summed E-state index contributed by atoms with van der Waals surface area (Å²) in [6, 6.07) is -0.935. The van der Waals surface area contributed by atoms with Gasteiger partial charge in [0.1, 0.15) is 48.8 Å². The number of allylic oxidation sites excluding steroid dienone is 13. The van der Waals surface area contributed by atoms with Gasteiger partial charge in [-0.2, -0.15) is 0 Å². The van der Waals surface area contributed by atoms with Crippen molar-refractivity contribution in [3.63, 3.8) is 0 Å². The molecule has 2 heterocycles. The molecule has 83 heavy (non-hydrogen) atoms. The maximum Gasteiger partial charge on any atom is 0.220 e. The van der Waals surface area contributed by atoms with Gasteiger partial charge in [0, 0.05) is 6.42 Å². The fourth-order valence-corrected chi connectivity index (χ4v) is 10.5. The van der Waals surface area contributed by atoms with Crippen LogP contribution in [0.25, 0.3) is 0 Å². The van der Waals surface area contributed by atoms with Crippen molar-refractivity contribution in [1.29, 1.82) is 0 Å². The summed E-state index contributed by atoms with van der Waals surface area (Å²) >= 11 is 0. The van der Waals surface area contributed by atoms with Gasteiger partial charge in [0.05, 0.1) is 32.0 Å². The van der Waals surface area contributed by atoms with Gasteiger partial charge in [-0.25, -0.2) is 0 Å². The third kappa shape index (κ3) is 38.1. The Balaban J connectivity index is 1.74. The van der Waals surface area contributed by atoms with Crippen molar-refractivity contribution in [2.24, 2.45) is 0 Å². The molecule has 2 aliphatic rings. The molecule has 0 aromatic carbocycles. The second-order valence-electron chi connectivity index (χ2n) is 23.2. The Bertz CT molecular complexity index is 1710. The van der Waals surface area contributed by atoms with Crippen molar-refractivity contribution in [1.82, 2.24) is 5.32 Å². The first-order valence-electron chi connectivity index (χ1n) is 33.3. The van der Waals surface area contributed by atoms with E-state index in [9.17, 15) is 45.6 Å². The molecule has 12 unspecified atom stereocenters. The van der Waals surface area contributed by atoms with E-state index in [0.29, 0.717) is 6.42 Å². The molecule has 14 heteroatoms. The van der Waals surface area contributed by atoms with Gasteiger partial charge in [-0.15, -0.1) is 0 Å². The molecule has 9 N–H and O–H groups in total. The van der Waals surface area contributed by atoms with Crippen molar-refractivity contribution in [3.8, 4) is 0 Å². The molecule has 2 aliphatic heterocycles. The fourth-order valence-electron chi connectivity index (χ4n) is 10.5. The quantitative estimate of drug-likeness (QED) is 0.0204. The Morgan fingerprint density at radius 2 is 0.831 bits per heavy atom. The Labute approximate surface area is 503 Å². The molecule has 0 radical (unpaired) electrons. The van der Waals surface area contributed by atoms with E-state index in [1.807, 2.05) is 6.08 Å². The number of carbonyl (C=O) groups excluding carboxylic acids is 1. The van der Waals surface area contributed by atoms with E-state index in [-0.39, 0.29) is 18.9 Å². The van der Waals surface area contributed by atoms with Crippen molar-refractivity contribution >= 4 is 5.91 Å². The Kier molecular flexibility index (Phi) is 49.1. The lowest BCUT2D eigenvalue weighted by molar-refractivity contribution is -0.359. The van der Waals surface area contributed by atoms with Gasteiger partial charge < -0.3 is 65.1 Å². The van der Waals surface area contributed by atoms with Crippen LogP contribution in [-0.4, -0.2) is 140 Å². The number of aliphatic hydroxyl groups is 8. The summed E-state index contributed by atoms with van der Waals surface area (Å²) in [5.41, 5.74) is 0. The van der Waals surface area contributed by atoms with Gasteiger partial charge in [-0.1, -0.05) is 259 Å². The number of rotatable bonds is 53. The first kappa shape index (κ1) is 76.3. The van der Waals surface area contributed by atoms with Crippen LogP contribution in [0.5, 0.6) is 0 Å². The molecule has 2 fully saturated rings. The summed E-state index contributed by atoms with van der Waals surface area (Å²) in [6.45, 7) is 2.68. The first-order valence-corrected chi connectivity index (χ1v) is 33.3. The van der Waals surface area contributed by atoms with Gasteiger partial charge in [-0.05, 0) is 70.6 Å². The number of ether oxygens (including phenoxy) is 4. The van der Waals surface area contributed by atoms with E-state index in [4.69, 9.17) is 18.9 Å². The molecule has 0 spiro atoms. The van der Waals surface area contributed by atoms with Crippen LogP contribution in [0.3, 0.4) is 0 Å². The van der Waals surface area contributed by atoms with Crippen LogP contribution in [0.15, 0.2) is 85.1 Å². The second kappa shape index (κ2) is 53.4. The maximum atomic E-state index is 13.3. The lowest BCUT2D eigenvalue weighted by Gasteiger charge is -2.46. The highest BCUT2D eigenvalue weighted by Crippen LogP contribution is 2.30. The van der Waals surface area contributed by atoms with E-state index >= 15 is 0 Å². The van der Waals surface area contributed by atoms with Crippen LogP contribution < -0.4 is 5.32 Å². The molecule has 0 aromatic rings. The lowest BCUT2D eigenvalue weighted by atomic mass is 9.97. The highest BCUT2D eigenvalue weighted by Gasteiger charge is 2.51. The minimum Gasteiger partial charge on any atom is -0.394 e. The topological polar surface area (TPSA) is 228 Å². The molecule has 0 aromatic heterocycles. The predicted octanol–water partition coefficient (Wildman–Crippen LogP) is 12.8. The lowest BCUT2D eigenvalue weighted by Crippen LogP contribution is -2.65. The maximum absolute atomic E-state index is 13.3. The summed E-state index contributed by atoms with van der Waals surface area (Å²) in [7, 11) is 0. The summed E-state index contributed by atoms with van der Waals surface area (Å²) in [4.78, 5) is 13.3. The monoisotopic (exact) mass is 1170 g/mol. The molecular weight excluding hydrogens is 1050 g/mol. The van der Waals surface area contributed by atoms with E-state index in [1.54, 1.807) is 6.08 Å². The van der Waals surface area contributed by atoms with Crippen LogP contribution in [0, 0.1) is 0 Å². The van der Waals surface area contributed by atoms with Crippen molar-refractivity contribution < 1.29 is 64.6 Å². The van der Waals surface area contributed by atoms with E-state index < -0.39 is 86.8 Å². The molecule has 2 rings (SSSR count). The number of hydrogen-bond acceptors (Lipinski definition) is 13. The normalized spacial score (nSPS) is 24.4. The molecular formula is C69H121NO13.